The Bertz CT molecular complexity index is 641. The Kier molecular flexibility index (Phi) is 7.52. The lowest BCUT2D eigenvalue weighted by atomic mass is 10.2. The molecule has 1 N–H and O–H groups in total. The van der Waals surface area contributed by atoms with Gasteiger partial charge in [0.1, 0.15) is 9.84 Å². The van der Waals surface area contributed by atoms with Gasteiger partial charge in [-0.2, -0.15) is 0 Å². The first-order valence-electron chi connectivity index (χ1n) is 8.50. The summed E-state index contributed by atoms with van der Waals surface area (Å²) in [5.41, 5.74) is 1.25. The summed E-state index contributed by atoms with van der Waals surface area (Å²) in [4.78, 5) is 8.93. The van der Waals surface area contributed by atoms with Crippen molar-refractivity contribution in [2.24, 2.45) is 4.99 Å². The summed E-state index contributed by atoms with van der Waals surface area (Å²) >= 11 is 0. The maximum absolute atomic E-state index is 11.0. The second-order valence-corrected chi connectivity index (χ2v) is 8.29. The van der Waals surface area contributed by atoms with Gasteiger partial charge in [0.2, 0.25) is 0 Å². The molecule has 7 nitrogen and oxygen atoms in total. The van der Waals surface area contributed by atoms with Crippen molar-refractivity contribution in [3.8, 4) is 0 Å². The smallest absolute Gasteiger partial charge is 0.193 e. The molecule has 1 saturated heterocycles. The highest BCUT2D eigenvalue weighted by Crippen LogP contribution is 2.15. The van der Waals surface area contributed by atoms with E-state index >= 15 is 0 Å². The monoisotopic (exact) mass is 368 g/mol. The molecule has 0 spiro atoms. The number of hydrogen-bond acceptors (Lipinski definition) is 5. The zero-order valence-corrected chi connectivity index (χ0v) is 15.8. The Balaban J connectivity index is 1.68. The van der Waals surface area contributed by atoms with Gasteiger partial charge >= 0.3 is 0 Å². The van der Waals surface area contributed by atoms with Gasteiger partial charge in [0.15, 0.2) is 5.96 Å². The number of rotatable bonds is 7. The van der Waals surface area contributed by atoms with E-state index in [1.165, 1.54) is 11.9 Å². The van der Waals surface area contributed by atoms with E-state index in [-0.39, 0.29) is 12.4 Å². The second kappa shape index (κ2) is 9.62. The fourth-order valence-electron chi connectivity index (χ4n) is 2.69. The summed E-state index contributed by atoms with van der Waals surface area (Å²) in [5, 5.41) is 3.27. The summed E-state index contributed by atoms with van der Waals surface area (Å²) in [6, 6.07) is 10.4. The molecule has 0 unspecified atom stereocenters. The Morgan fingerprint density at radius 1 is 1.16 bits per heavy atom. The molecule has 2 rings (SSSR count). The number of guanidine groups is 1. The quantitative estimate of drug-likeness (QED) is 0.428. The van der Waals surface area contributed by atoms with Crippen LogP contribution in [0, 0.1) is 0 Å². The van der Waals surface area contributed by atoms with Gasteiger partial charge in [0.05, 0.1) is 19.0 Å². The van der Waals surface area contributed by atoms with Crippen LogP contribution in [0.5, 0.6) is 0 Å². The van der Waals surface area contributed by atoms with Crippen LogP contribution in [0.15, 0.2) is 35.3 Å². The third kappa shape index (κ3) is 6.91. The van der Waals surface area contributed by atoms with Crippen molar-refractivity contribution < 1.29 is 13.2 Å². The van der Waals surface area contributed by atoms with Crippen LogP contribution in [-0.4, -0.2) is 84.3 Å². The highest BCUT2D eigenvalue weighted by Gasteiger charge is 2.19. The Morgan fingerprint density at radius 2 is 1.84 bits per heavy atom. The number of ether oxygens (including phenoxy) is 1. The minimum atomic E-state index is -2.96. The van der Waals surface area contributed by atoms with E-state index in [2.05, 4.69) is 44.4 Å². The highest BCUT2D eigenvalue weighted by molar-refractivity contribution is 7.90. The normalized spacial score (nSPS) is 16.2. The molecule has 8 heteroatoms. The number of aliphatic imine (C=N–C) groups is 1. The molecule has 0 saturated carbocycles. The molecule has 1 fully saturated rings. The second-order valence-electron chi connectivity index (χ2n) is 6.03. The van der Waals surface area contributed by atoms with Crippen molar-refractivity contribution in [1.29, 1.82) is 0 Å². The fraction of sp³-hybridized carbons (Fsp3) is 0.588. The summed E-state index contributed by atoms with van der Waals surface area (Å²) in [5.74, 6) is 0.919. The number of anilines is 1. The van der Waals surface area contributed by atoms with Crippen molar-refractivity contribution >= 4 is 21.5 Å². The molecule has 1 aliphatic heterocycles. The first kappa shape index (κ1) is 19.5. The average molecular weight is 369 g/mol. The standard InChI is InChI=1S/C17H28N4O3S/c1-18-17(19-8-13-24-14-15-25(2,22)23)21-11-9-20(10-12-21)16-6-4-3-5-7-16/h3-7H,8-15H2,1-2H3,(H,18,19). The Labute approximate surface area is 150 Å². The number of nitrogens with zero attached hydrogens (tertiary/aromatic N) is 3. The van der Waals surface area contributed by atoms with E-state index in [0.29, 0.717) is 13.2 Å². The molecule has 140 valence electrons. The Morgan fingerprint density at radius 3 is 2.44 bits per heavy atom. The molecule has 0 atom stereocenters. The van der Waals surface area contributed by atoms with Gasteiger partial charge < -0.3 is 19.9 Å². The van der Waals surface area contributed by atoms with Gasteiger partial charge in [-0.25, -0.2) is 8.42 Å². The zero-order chi connectivity index (χ0) is 18.1. The molecule has 0 aromatic heterocycles. The van der Waals surface area contributed by atoms with Crippen molar-refractivity contribution in [1.82, 2.24) is 10.2 Å². The van der Waals surface area contributed by atoms with E-state index in [1.807, 2.05) is 6.07 Å². The summed E-state index contributed by atoms with van der Waals surface area (Å²) in [6.07, 6.45) is 1.21. The first-order valence-corrected chi connectivity index (χ1v) is 10.6. The average Bonchev–Trinajstić information content (AvgIpc) is 2.61. The third-order valence-electron chi connectivity index (χ3n) is 4.04. The predicted molar refractivity (Wildman–Crippen MR) is 102 cm³/mol. The van der Waals surface area contributed by atoms with Crippen LogP contribution in [0.25, 0.3) is 0 Å². The topological polar surface area (TPSA) is 74.2 Å². The number of nitrogens with one attached hydrogen (secondary N) is 1. The molecule has 0 radical (unpaired) electrons. The fourth-order valence-corrected chi connectivity index (χ4v) is 3.12. The lowest BCUT2D eigenvalue weighted by molar-refractivity contribution is 0.153. The number of sulfone groups is 1. The highest BCUT2D eigenvalue weighted by atomic mass is 32.2. The maximum Gasteiger partial charge on any atom is 0.193 e. The van der Waals surface area contributed by atoms with Crippen molar-refractivity contribution in [3.63, 3.8) is 0 Å². The van der Waals surface area contributed by atoms with Gasteiger partial charge in [-0.15, -0.1) is 0 Å². The van der Waals surface area contributed by atoms with Gasteiger partial charge in [-0.3, -0.25) is 4.99 Å². The van der Waals surface area contributed by atoms with Gasteiger partial charge in [0, 0.05) is 51.7 Å². The van der Waals surface area contributed by atoms with Crippen molar-refractivity contribution in [3.05, 3.63) is 30.3 Å². The number of para-hydroxylation sites is 1. The number of hydrogen-bond donors (Lipinski definition) is 1. The minimum absolute atomic E-state index is 0.0587. The van der Waals surface area contributed by atoms with Crippen LogP contribution in [0.3, 0.4) is 0 Å². The lowest BCUT2D eigenvalue weighted by Gasteiger charge is -2.37. The largest absolute Gasteiger partial charge is 0.379 e. The van der Waals surface area contributed by atoms with E-state index < -0.39 is 9.84 Å². The lowest BCUT2D eigenvalue weighted by Crippen LogP contribution is -2.53. The Hall–Kier alpha value is -1.80. The number of piperazine rings is 1. The molecule has 0 aliphatic carbocycles. The van der Waals surface area contributed by atoms with Gasteiger partial charge in [-0.1, -0.05) is 18.2 Å². The van der Waals surface area contributed by atoms with E-state index in [1.54, 1.807) is 7.05 Å². The van der Waals surface area contributed by atoms with Crippen LogP contribution in [0.1, 0.15) is 0 Å². The van der Waals surface area contributed by atoms with Crippen LogP contribution < -0.4 is 10.2 Å². The van der Waals surface area contributed by atoms with Gasteiger partial charge in [-0.05, 0) is 12.1 Å². The van der Waals surface area contributed by atoms with Crippen LogP contribution in [0.2, 0.25) is 0 Å². The zero-order valence-electron chi connectivity index (χ0n) is 15.0. The SMILES string of the molecule is CN=C(NCCOCCS(C)(=O)=O)N1CCN(c2ccccc2)CC1. The molecule has 1 aliphatic rings. The summed E-state index contributed by atoms with van der Waals surface area (Å²) in [7, 11) is -1.19. The van der Waals surface area contributed by atoms with E-state index in [9.17, 15) is 8.42 Å². The van der Waals surface area contributed by atoms with Crippen LogP contribution in [0.4, 0.5) is 5.69 Å². The molecule has 1 aromatic rings. The molecule has 0 amide bonds. The van der Waals surface area contributed by atoms with Crippen LogP contribution in [-0.2, 0) is 14.6 Å². The predicted octanol–water partition coefficient (Wildman–Crippen LogP) is 0.445. The van der Waals surface area contributed by atoms with Crippen LogP contribution >= 0.6 is 0 Å². The molecule has 1 heterocycles. The van der Waals surface area contributed by atoms with Crippen molar-refractivity contribution in [2.45, 2.75) is 0 Å². The minimum Gasteiger partial charge on any atom is -0.379 e. The maximum atomic E-state index is 11.0. The van der Waals surface area contributed by atoms with E-state index in [0.717, 1.165) is 32.1 Å². The third-order valence-corrected chi connectivity index (χ3v) is 4.95. The summed E-state index contributed by atoms with van der Waals surface area (Å²) in [6.45, 7) is 5.01. The first-order chi connectivity index (χ1) is 12.0. The van der Waals surface area contributed by atoms with Gasteiger partial charge in [0.25, 0.3) is 0 Å². The van der Waals surface area contributed by atoms with E-state index in [4.69, 9.17) is 4.74 Å². The number of benzene rings is 1. The molecule has 25 heavy (non-hydrogen) atoms. The van der Waals surface area contributed by atoms with Crippen molar-refractivity contribution in [2.75, 3.05) is 69.9 Å². The summed E-state index contributed by atoms with van der Waals surface area (Å²) < 4.78 is 27.4. The molecule has 0 bridgehead atoms. The molecular formula is C17H28N4O3S. The molecular weight excluding hydrogens is 340 g/mol. The molecule has 1 aromatic carbocycles.